The minimum Gasteiger partial charge on any atom is -0.455 e. The van der Waals surface area contributed by atoms with Crippen LogP contribution in [-0.4, -0.2) is 90.7 Å². The van der Waals surface area contributed by atoms with Gasteiger partial charge in [-0.2, -0.15) is 0 Å². The van der Waals surface area contributed by atoms with Gasteiger partial charge in [0, 0.05) is 25.2 Å². The molecule has 12 nitrogen and oxygen atoms in total. The van der Waals surface area contributed by atoms with Crippen LogP contribution in [0.2, 0.25) is 18.1 Å². The molecule has 3 aliphatic carbocycles. The summed E-state index contributed by atoms with van der Waals surface area (Å²) in [7, 11) is -2.55. The predicted octanol–water partition coefficient (Wildman–Crippen LogP) is 6.47. The fourth-order valence-corrected chi connectivity index (χ4v) is 13.0. The third-order valence-electron chi connectivity index (χ3n) is 13.6. The molecule has 2 N–H and O–H groups in total. The van der Waals surface area contributed by atoms with Crippen molar-refractivity contribution in [3.8, 4) is 0 Å². The Morgan fingerprint density at radius 1 is 0.929 bits per heavy atom. The average Bonchev–Trinajstić information content (AvgIpc) is 3.17. The molecular formula is C43H56O12Si. The van der Waals surface area contributed by atoms with Crippen LogP contribution in [-0.2, 0) is 44.3 Å². The molecule has 0 spiro atoms. The van der Waals surface area contributed by atoms with Gasteiger partial charge in [-0.15, -0.1) is 0 Å². The van der Waals surface area contributed by atoms with Crippen molar-refractivity contribution in [3.05, 3.63) is 82.9 Å². The first-order chi connectivity index (χ1) is 26.4. The molecule has 13 heteroatoms. The summed E-state index contributed by atoms with van der Waals surface area (Å²) in [6.07, 6.45) is -7.66. The molecule has 9 atom stereocenters. The van der Waals surface area contributed by atoms with Crippen LogP contribution < -0.4 is 0 Å². The van der Waals surface area contributed by atoms with Crippen molar-refractivity contribution < 1.29 is 57.5 Å². The molecule has 0 unspecified atom stereocenters. The molecule has 6 rings (SSSR count). The number of Topliss-reactive ketones (excluding diaryl/α,β-unsaturated/α-hetero) is 1. The number of aliphatic hydroxyl groups is 2. The lowest BCUT2D eigenvalue weighted by Gasteiger charge is -2.68. The number of rotatable bonds is 11. The molecular weight excluding hydrogens is 737 g/mol. The van der Waals surface area contributed by atoms with Gasteiger partial charge < -0.3 is 38.3 Å². The summed E-state index contributed by atoms with van der Waals surface area (Å²) in [5.41, 5.74) is -5.60. The van der Waals surface area contributed by atoms with Gasteiger partial charge in [0.2, 0.25) is 0 Å². The van der Waals surface area contributed by atoms with Crippen molar-refractivity contribution in [1.82, 2.24) is 0 Å². The van der Waals surface area contributed by atoms with Gasteiger partial charge in [-0.3, -0.25) is 9.59 Å². The zero-order valence-electron chi connectivity index (χ0n) is 33.7. The van der Waals surface area contributed by atoms with Gasteiger partial charge in [0.25, 0.3) is 0 Å². The van der Waals surface area contributed by atoms with Crippen LogP contribution in [0.15, 0.2) is 71.8 Å². The van der Waals surface area contributed by atoms with Crippen molar-refractivity contribution in [2.24, 2.45) is 16.7 Å². The van der Waals surface area contributed by atoms with E-state index in [9.17, 15) is 24.6 Å². The zero-order valence-corrected chi connectivity index (χ0v) is 34.7. The second kappa shape index (κ2) is 15.5. The van der Waals surface area contributed by atoms with Crippen molar-refractivity contribution in [2.75, 3.05) is 6.61 Å². The highest BCUT2D eigenvalue weighted by atomic mass is 28.4. The number of esters is 2. The molecule has 0 radical (unpaired) electrons. The van der Waals surface area contributed by atoms with Gasteiger partial charge in [-0.1, -0.05) is 83.1 Å². The van der Waals surface area contributed by atoms with Crippen LogP contribution in [0.25, 0.3) is 0 Å². The quantitative estimate of drug-likeness (QED) is 0.111. The third-order valence-corrected chi connectivity index (χ3v) is 18.3. The number of ketones is 1. The van der Waals surface area contributed by atoms with Crippen LogP contribution in [0.5, 0.6) is 0 Å². The highest BCUT2D eigenvalue weighted by molar-refractivity contribution is 6.73. The van der Waals surface area contributed by atoms with Crippen molar-refractivity contribution in [1.29, 1.82) is 0 Å². The lowest BCUT2D eigenvalue weighted by Crippen LogP contribution is -2.82. The highest BCUT2D eigenvalue weighted by Crippen LogP contribution is 2.65. The highest BCUT2D eigenvalue weighted by Gasteiger charge is 2.78. The molecule has 1 saturated heterocycles. The molecule has 1 heterocycles. The SMILES string of the molecule is CC[Si](CC)(CC)O[C@H]1C[C@H]2OC[C@@]2(OC(C)=O)[C@H]2[C@H](OC(=O)c3ccccc3)[C@]3(O)C[C@H](O)C(C)=C([C@@H](OC(=O)OCc4ccccc4)C(=O)[C@]12C)C3(C)C. The number of fused-ring (bicyclic) bond motifs is 5. The van der Waals surface area contributed by atoms with E-state index in [1.807, 2.05) is 6.07 Å². The van der Waals surface area contributed by atoms with E-state index in [2.05, 4.69) is 20.8 Å². The van der Waals surface area contributed by atoms with Crippen molar-refractivity contribution in [3.63, 3.8) is 0 Å². The Balaban J connectivity index is 1.61. The summed E-state index contributed by atoms with van der Waals surface area (Å²) in [6, 6.07) is 19.5. The Labute approximate surface area is 330 Å². The number of carbonyl (C=O) groups is 4. The Hall–Kier alpha value is -3.88. The maximum Gasteiger partial charge on any atom is 0.509 e. The summed E-state index contributed by atoms with van der Waals surface area (Å²) in [5, 5.41) is 25.3. The molecule has 1 aliphatic heterocycles. The van der Waals surface area contributed by atoms with Gasteiger partial charge >= 0.3 is 18.1 Å². The molecule has 0 aromatic heterocycles. The smallest absolute Gasteiger partial charge is 0.455 e. The van der Waals surface area contributed by atoms with Crippen LogP contribution in [0.1, 0.15) is 84.2 Å². The largest absolute Gasteiger partial charge is 0.509 e. The fourth-order valence-electron chi connectivity index (χ4n) is 10.0. The maximum atomic E-state index is 16.1. The second-order valence-electron chi connectivity index (χ2n) is 16.6. The minimum absolute atomic E-state index is 0.133. The molecule has 2 aromatic rings. The van der Waals surface area contributed by atoms with Crippen LogP contribution in [0.3, 0.4) is 0 Å². The molecule has 56 heavy (non-hydrogen) atoms. The lowest BCUT2D eigenvalue weighted by molar-refractivity contribution is -0.344. The lowest BCUT2D eigenvalue weighted by atomic mass is 9.44. The van der Waals surface area contributed by atoms with Crippen molar-refractivity contribution >= 4 is 32.2 Å². The maximum absolute atomic E-state index is 16.1. The first-order valence-electron chi connectivity index (χ1n) is 19.7. The van der Waals surface area contributed by atoms with E-state index in [0.29, 0.717) is 11.1 Å². The molecule has 3 fully saturated rings. The number of hydrogen-bond acceptors (Lipinski definition) is 12. The summed E-state index contributed by atoms with van der Waals surface area (Å²) in [4.78, 5) is 57.2. The molecule has 2 bridgehead atoms. The summed E-state index contributed by atoms with van der Waals surface area (Å²) >= 11 is 0. The van der Waals surface area contributed by atoms with E-state index in [4.69, 9.17) is 28.1 Å². The molecule has 2 saturated carbocycles. The number of carbonyl (C=O) groups excluding carboxylic acids is 4. The van der Waals surface area contributed by atoms with E-state index < -0.39 is 90.7 Å². The van der Waals surface area contributed by atoms with E-state index in [0.717, 1.165) is 18.1 Å². The van der Waals surface area contributed by atoms with E-state index >= 15 is 4.79 Å². The average molecular weight is 793 g/mol. The molecule has 2 aromatic carbocycles. The Morgan fingerprint density at radius 2 is 1.54 bits per heavy atom. The van der Waals surface area contributed by atoms with Gasteiger partial charge in [0.05, 0.1) is 35.7 Å². The van der Waals surface area contributed by atoms with E-state index in [1.165, 1.54) is 6.92 Å². The first kappa shape index (κ1) is 41.7. The normalized spacial score (nSPS) is 33.4. The van der Waals surface area contributed by atoms with Gasteiger partial charge in [-0.25, -0.2) is 9.59 Å². The number of aliphatic hydroxyl groups excluding tert-OH is 1. The standard InChI is InChI=1S/C43H56O12Si/c1-9-56(10-2,11-3)55-31-22-32-42(25-51-32,54-27(5)44)35-37(53-38(47)29-20-16-13-17-21-29)43(49)23-30(45)26(4)33(40(43,6)7)34(36(46)41(31,35)8)52-39(48)50-24-28-18-14-12-15-19-28/h12-21,30-32,34-35,37,45,49H,9-11,22-25H2,1-8H3/t30-,31-,32+,34+,35-,37-,41+,42-,43+/m0/s1. The Morgan fingerprint density at radius 3 is 2.09 bits per heavy atom. The third kappa shape index (κ3) is 6.72. The number of hydrogen-bond donors (Lipinski definition) is 2. The summed E-state index contributed by atoms with van der Waals surface area (Å²) < 4.78 is 37.9. The van der Waals surface area contributed by atoms with E-state index in [1.54, 1.807) is 82.3 Å². The second-order valence-corrected chi connectivity index (χ2v) is 21.4. The van der Waals surface area contributed by atoms with Crippen LogP contribution in [0, 0.1) is 16.7 Å². The van der Waals surface area contributed by atoms with Gasteiger partial charge in [-0.05, 0) is 60.8 Å². The topological polar surface area (TPSA) is 164 Å². The number of ether oxygens (including phenoxy) is 5. The zero-order chi connectivity index (χ0) is 40.8. The fraction of sp³-hybridized carbons (Fsp3) is 0.581. The molecule has 304 valence electrons. The number of benzene rings is 2. The van der Waals surface area contributed by atoms with Crippen LogP contribution >= 0.6 is 0 Å². The van der Waals surface area contributed by atoms with Crippen LogP contribution in [0.4, 0.5) is 4.79 Å². The molecule has 0 amide bonds. The first-order valence-corrected chi connectivity index (χ1v) is 22.3. The summed E-state index contributed by atoms with van der Waals surface area (Å²) in [5.74, 6) is -3.37. The Bertz CT molecular complexity index is 1830. The van der Waals surface area contributed by atoms with Crippen molar-refractivity contribution in [2.45, 2.75) is 135 Å². The summed E-state index contributed by atoms with van der Waals surface area (Å²) in [6.45, 7) is 13.8. The Kier molecular flexibility index (Phi) is 11.5. The molecule has 4 aliphatic rings. The van der Waals surface area contributed by atoms with E-state index in [-0.39, 0.29) is 37.2 Å². The van der Waals surface area contributed by atoms with Gasteiger partial charge in [0.15, 0.2) is 25.8 Å². The van der Waals surface area contributed by atoms with Gasteiger partial charge in [0.1, 0.15) is 24.4 Å². The minimum atomic E-state index is -2.55. The monoisotopic (exact) mass is 792 g/mol. The predicted molar refractivity (Wildman–Crippen MR) is 207 cm³/mol.